The van der Waals surface area contributed by atoms with Gasteiger partial charge >= 0.3 is 5.97 Å². The van der Waals surface area contributed by atoms with Crippen LogP contribution in [0, 0.1) is 17.8 Å². The summed E-state index contributed by atoms with van der Waals surface area (Å²) in [5.74, 6) is -1.14. The number of carboxylic acid groups (broad SMARTS) is 1. The number of carboxylic acids is 1. The second-order valence-corrected chi connectivity index (χ2v) is 6.56. The molecular formula is C16H28N2O3. The number of hydrogen-bond acceptors (Lipinski definition) is 3. The molecule has 4 unspecified atom stereocenters. The van der Waals surface area contributed by atoms with Crippen LogP contribution in [-0.4, -0.2) is 59.0 Å². The lowest BCUT2D eigenvalue weighted by Gasteiger charge is -2.40. The van der Waals surface area contributed by atoms with Gasteiger partial charge in [0.1, 0.15) is 0 Å². The molecule has 0 radical (unpaired) electrons. The van der Waals surface area contributed by atoms with Gasteiger partial charge in [0, 0.05) is 25.7 Å². The van der Waals surface area contributed by atoms with Crippen molar-refractivity contribution in [1.29, 1.82) is 0 Å². The SMILES string of the molecule is CCC1CC(C(=O)O)C(C(=O)N2CCN(CC)C(C)C2)C1. The second-order valence-electron chi connectivity index (χ2n) is 6.56. The van der Waals surface area contributed by atoms with E-state index in [9.17, 15) is 14.7 Å². The summed E-state index contributed by atoms with van der Waals surface area (Å²) in [6, 6.07) is 0.361. The molecule has 1 heterocycles. The van der Waals surface area contributed by atoms with Crippen LogP contribution in [0.5, 0.6) is 0 Å². The van der Waals surface area contributed by atoms with Crippen LogP contribution < -0.4 is 0 Å². The van der Waals surface area contributed by atoms with Gasteiger partial charge in [0.05, 0.1) is 11.8 Å². The van der Waals surface area contributed by atoms with Crippen molar-refractivity contribution in [2.75, 3.05) is 26.2 Å². The number of carbonyl (C=O) groups is 2. The van der Waals surface area contributed by atoms with Crippen LogP contribution in [-0.2, 0) is 9.59 Å². The van der Waals surface area contributed by atoms with Crippen LogP contribution in [0.3, 0.4) is 0 Å². The van der Waals surface area contributed by atoms with Crippen LogP contribution in [0.25, 0.3) is 0 Å². The van der Waals surface area contributed by atoms with Crippen molar-refractivity contribution in [1.82, 2.24) is 9.80 Å². The molecule has 0 bridgehead atoms. The molecule has 21 heavy (non-hydrogen) atoms. The Morgan fingerprint density at radius 3 is 2.33 bits per heavy atom. The van der Waals surface area contributed by atoms with Gasteiger partial charge in [-0.1, -0.05) is 20.3 Å². The topological polar surface area (TPSA) is 60.9 Å². The molecular weight excluding hydrogens is 268 g/mol. The van der Waals surface area contributed by atoms with Gasteiger partial charge in [0.2, 0.25) is 5.91 Å². The van der Waals surface area contributed by atoms with Crippen molar-refractivity contribution in [2.45, 2.75) is 46.1 Å². The van der Waals surface area contributed by atoms with Crippen molar-refractivity contribution in [3.8, 4) is 0 Å². The Kier molecular flexibility index (Phi) is 5.25. The molecule has 5 nitrogen and oxygen atoms in total. The highest BCUT2D eigenvalue weighted by molar-refractivity contribution is 5.85. The van der Waals surface area contributed by atoms with Crippen LogP contribution in [0.15, 0.2) is 0 Å². The molecule has 0 aromatic carbocycles. The third-order valence-electron chi connectivity index (χ3n) is 5.35. The van der Waals surface area contributed by atoms with Gasteiger partial charge in [-0.2, -0.15) is 0 Å². The number of carbonyl (C=O) groups excluding carboxylic acids is 1. The Hall–Kier alpha value is -1.10. The molecule has 0 spiro atoms. The monoisotopic (exact) mass is 296 g/mol. The first-order valence-electron chi connectivity index (χ1n) is 8.23. The molecule has 1 aliphatic heterocycles. The molecule has 0 aromatic rings. The van der Waals surface area contributed by atoms with E-state index in [0.29, 0.717) is 18.4 Å². The Bertz CT molecular complexity index is 399. The summed E-state index contributed by atoms with van der Waals surface area (Å²) in [7, 11) is 0. The van der Waals surface area contributed by atoms with E-state index in [-0.39, 0.29) is 11.8 Å². The Labute approximate surface area is 127 Å². The predicted molar refractivity (Wildman–Crippen MR) is 80.9 cm³/mol. The molecule has 1 amide bonds. The first-order chi connectivity index (χ1) is 9.97. The summed E-state index contributed by atoms with van der Waals surface area (Å²) in [6.07, 6.45) is 2.37. The van der Waals surface area contributed by atoms with E-state index >= 15 is 0 Å². The summed E-state index contributed by atoms with van der Waals surface area (Å²) in [4.78, 5) is 28.5. The molecule has 1 N–H and O–H groups in total. The van der Waals surface area contributed by atoms with E-state index in [1.54, 1.807) is 0 Å². The highest BCUT2D eigenvalue weighted by Crippen LogP contribution is 2.39. The molecule has 1 aliphatic carbocycles. The lowest BCUT2D eigenvalue weighted by molar-refractivity contribution is -0.150. The molecule has 1 saturated heterocycles. The van der Waals surface area contributed by atoms with Gasteiger partial charge in [-0.05, 0) is 32.2 Å². The van der Waals surface area contributed by atoms with Gasteiger partial charge in [0.25, 0.3) is 0 Å². The highest BCUT2D eigenvalue weighted by Gasteiger charge is 2.44. The zero-order valence-corrected chi connectivity index (χ0v) is 13.4. The minimum Gasteiger partial charge on any atom is -0.481 e. The molecule has 5 heteroatoms. The largest absolute Gasteiger partial charge is 0.481 e. The van der Waals surface area contributed by atoms with Gasteiger partial charge in [-0.15, -0.1) is 0 Å². The van der Waals surface area contributed by atoms with Gasteiger partial charge in [0.15, 0.2) is 0 Å². The highest BCUT2D eigenvalue weighted by atomic mass is 16.4. The Morgan fingerprint density at radius 2 is 1.81 bits per heavy atom. The Balaban J connectivity index is 2.03. The van der Waals surface area contributed by atoms with Crippen LogP contribution >= 0.6 is 0 Å². The number of nitrogens with zero attached hydrogens (tertiary/aromatic N) is 2. The molecule has 2 rings (SSSR count). The van der Waals surface area contributed by atoms with E-state index in [1.165, 1.54) is 0 Å². The van der Waals surface area contributed by atoms with Crippen LogP contribution in [0.1, 0.15) is 40.0 Å². The van der Waals surface area contributed by atoms with E-state index < -0.39 is 11.9 Å². The fourth-order valence-electron chi connectivity index (χ4n) is 3.92. The van der Waals surface area contributed by atoms with E-state index in [0.717, 1.165) is 39.0 Å². The van der Waals surface area contributed by atoms with Gasteiger partial charge in [-0.25, -0.2) is 0 Å². The quantitative estimate of drug-likeness (QED) is 0.857. The third-order valence-corrected chi connectivity index (χ3v) is 5.35. The lowest BCUT2D eigenvalue weighted by Crippen LogP contribution is -2.55. The van der Waals surface area contributed by atoms with Gasteiger partial charge in [-0.3, -0.25) is 14.5 Å². The number of piperazine rings is 1. The normalized spacial score (nSPS) is 34.1. The van der Waals surface area contributed by atoms with Crippen LogP contribution in [0.4, 0.5) is 0 Å². The summed E-state index contributed by atoms with van der Waals surface area (Å²) in [6.45, 7) is 9.72. The summed E-state index contributed by atoms with van der Waals surface area (Å²) < 4.78 is 0. The number of likely N-dealkylation sites (N-methyl/N-ethyl adjacent to an activating group) is 1. The maximum absolute atomic E-state index is 12.8. The van der Waals surface area contributed by atoms with E-state index in [2.05, 4.69) is 25.7 Å². The average Bonchev–Trinajstić information content (AvgIpc) is 2.90. The van der Waals surface area contributed by atoms with E-state index in [1.807, 2.05) is 4.90 Å². The Morgan fingerprint density at radius 1 is 1.14 bits per heavy atom. The predicted octanol–water partition coefficient (Wildman–Crippen LogP) is 1.68. The number of aliphatic carboxylic acids is 1. The average molecular weight is 296 g/mol. The molecule has 0 aromatic heterocycles. The number of amides is 1. The molecule has 120 valence electrons. The maximum Gasteiger partial charge on any atom is 0.307 e. The lowest BCUT2D eigenvalue weighted by atomic mass is 9.94. The second kappa shape index (κ2) is 6.77. The van der Waals surface area contributed by atoms with Gasteiger partial charge < -0.3 is 10.0 Å². The minimum atomic E-state index is -0.801. The fourth-order valence-corrected chi connectivity index (χ4v) is 3.92. The zero-order valence-electron chi connectivity index (χ0n) is 13.4. The first kappa shape index (κ1) is 16.3. The zero-order chi connectivity index (χ0) is 15.6. The van der Waals surface area contributed by atoms with Crippen molar-refractivity contribution in [2.24, 2.45) is 17.8 Å². The van der Waals surface area contributed by atoms with Crippen molar-refractivity contribution in [3.63, 3.8) is 0 Å². The van der Waals surface area contributed by atoms with Crippen LogP contribution in [0.2, 0.25) is 0 Å². The standard InChI is InChI=1S/C16H28N2O3/c1-4-12-8-13(14(9-12)16(20)21)15(19)18-7-6-17(5-2)11(3)10-18/h11-14H,4-10H2,1-3H3,(H,20,21). The molecule has 1 saturated carbocycles. The van der Waals surface area contributed by atoms with Crippen molar-refractivity contribution >= 4 is 11.9 Å². The summed E-state index contributed by atoms with van der Waals surface area (Å²) >= 11 is 0. The smallest absolute Gasteiger partial charge is 0.307 e. The molecule has 2 fully saturated rings. The van der Waals surface area contributed by atoms with Crippen molar-refractivity contribution < 1.29 is 14.7 Å². The minimum absolute atomic E-state index is 0.0703. The third kappa shape index (κ3) is 3.39. The summed E-state index contributed by atoms with van der Waals surface area (Å²) in [5.41, 5.74) is 0. The molecule has 4 atom stereocenters. The summed E-state index contributed by atoms with van der Waals surface area (Å²) in [5, 5.41) is 9.40. The fraction of sp³-hybridized carbons (Fsp3) is 0.875. The van der Waals surface area contributed by atoms with Crippen molar-refractivity contribution in [3.05, 3.63) is 0 Å². The molecule has 2 aliphatic rings. The first-order valence-corrected chi connectivity index (χ1v) is 8.23. The van der Waals surface area contributed by atoms with E-state index in [4.69, 9.17) is 0 Å². The number of hydrogen-bond donors (Lipinski definition) is 1. The maximum atomic E-state index is 12.8. The number of rotatable bonds is 4.